The van der Waals surface area contributed by atoms with Crippen LogP contribution < -0.4 is 5.73 Å². The van der Waals surface area contributed by atoms with Gasteiger partial charge in [0.05, 0.1) is 11.4 Å². The summed E-state index contributed by atoms with van der Waals surface area (Å²) in [6, 6.07) is 1.07. The molecule has 12 heavy (non-hydrogen) atoms. The molecule has 0 fully saturated rings. The minimum Gasteiger partial charge on any atom is -0.506 e. The number of anilines is 1. The smallest absolute Gasteiger partial charge is 0.284 e. The fourth-order valence-electron chi connectivity index (χ4n) is 0.789. The van der Waals surface area contributed by atoms with Crippen molar-refractivity contribution in [2.75, 3.05) is 5.73 Å². The molecule has 0 atom stereocenters. The van der Waals surface area contributed by atoms with Crippen LogP contribution in [0.3, 0.4) is 0 Å². The summed E-state index contributed by atoms with van der Waals surface area (Å²) in [4.78, 5) is 3.45. The number of rotatable bonds is 1. The zero-order chi connectivity index (χ0) is 9.30. The van der Waals surface area contributed by atoms with Crippen LogP contribution in [-0.2, 0) is 0 Å². The summed E-state index contributed by atoms with van der Waals surface area (Å²) in [6.45, 7) is 1.50. The lowest BCUT2D eigenvalue weighted by Gasteiger charge is -2.05. The number of alkyl halides is 2. The lowest BCUT2D eigenvalue weighted by molar-refractivity contribution is 0.141. The van der Waals surface area contributed by atoms with Gasteiger partial charge in [-0.15, -0.1) is 0 Å². The van der Waals surface area contributed by atoms with Gasteiger partial charge in [0.1, 0.15) is 11.4 Å². The second-order valence-corrected chi connectivity index (χ2v) is 2.37. The van der Waals surface area contributed by atoms with Crippen LogP contribution in [0.25, 0.3) is 0 Å². The third kappa shape index (κ3) is 1.44. The summed E-state index contributed by atoms with van der Waals surface area (Å²) in [5, 5.41) is 8.96. The molecule has 0 saturated carbocycles. The van der Waals surface area contributed by atoms with Gasteiger partial charge in [-0.05, 0) is 6.92 Å². The maximum absolute atomic E-state index is 12.1. The molecule has 1 rings (SSSR count). The molecule has 0 aliphatic carbocycles. The van der Waals surface area contributed by atoms with Gasteiger partial charge in [0.15, 0.2) is 0 Å². The number of hydrogen-bond acceptors (Lipinski definition) is 3. The van der Waals surface area contributed by atoms with Crippen molar-refractivity contribution < 1.29 is 13.9 Å². The number of pyridine rings is 1. The Balaban J connectivity index is 3.23. The zero-order valence-corrected chi connectivity index (χ0v) is 6.38. The molecule has 5 heteroatoms. The lowest BCUT2D eigenvalue weighted by Crippen LogP contribution is -1.98. The molecule has 1 aromatic heterocycles. The molecule has 3 N–H and O–H groups in total. The van der Waals surface area contributed by atoms with Crippen LogP contribution in [0, 0.1) is 6.92 Å². The van der Waals surface area contributed by atoms with E-state index in [2.05, 4.69) is 4.98 Å². The van der Waals surface area contributed by atoms with E-state index < -0.39 is 17.9 Å². The van der Waals surface area contributed by atoms with Crippen molar-refractivity contribution in [1.29, 1.82) is 0 Å². The Kier molecular flexibility index (Phi) is 2.12. The van der Waals surface area contributed by atoms with E-state index in [0.717, 1.165) is 6.07 Å². The van der Waals surface area contributed by atoms with Crippen LogP contribution in [0.4, 0.5) is 14.5 Å². The van der Waals surface area contributed by atoms with Crippen LogP contribution in [-0.4, -0.2) is 10.1 Å². The van der Waals surface area contributed by atoms with E-state index in [0.29, 0.717) is 5.69 Å². The molecule has 0 bridgehead atoms. The van der Waals surface area contributed by atoms with Crippen molar-refractivity contribution in [3.05, 3.63) is 17.5 Å². The van der Waals surface area contributed by atoms with Crippen LogP contribution in [0.15, 0.2) is 6.07 Å². The highest BCUT2D eigenvalue weighted by atomic mass is 19.3. The first-order valence-electron chi connectivity index (χ1n) is 3.26. The van der Waals surface area contributed by atoms with Gasteiger partial charge in [-0.2, -0.15) is 0 Å². The Labute approximate surface area is 67.8 Å². The minimum absolute atomic E-state index is 0.205. The number of halogens is 2. The Morgan fingerprint density at radius 1 is 1.58 bits per heavy atom. The Morgan fingerprint density at radius 2 is 2.17 bits per heavy atom. The molecule has 0 saturated heterocycles. The molecule has 0 spiro atoms. The van der Waals surface area contributed by atoms with Crippen molar-refractivity contribution in [1.82, 2.24) is 4.98 Å². The maximum Gasteiger partial charge on any atom is 0.284 e. The standard InChI is InChI=1S/C7H8F2N2O/c1-3-4(10)2-5(12)6(11-3)7(8)9/h2,7,12H,10H2,1H3. The Hall–Kier alpha value is -1.39. The van der Waals surface area contributed by atoms with E-state index >= 15 is 0 Å². The molecule has 0 aliphatic rings. The molecule has 0 radical (unpaired) electrons. The van der Waals surface area contributed by atoms with E-state index in [1.54, 1.807) is 0 Å². The van der Waals surface area contributed by atoms with Gasteiger partial charge in [0.2, 0.25) is 0 Å². The van der Waals surface area contributed by atoms with Gasteiger partial charge in [-0.3, -0.25) is 0 Å². The first-order valence-corrected chi connectivity index (χ1v) is 3.26. The SMILES string of the molecule is Cc1nc(C(F)F)c(O)cc1N. The van der Waals surface area contributed by atoms with Crippen molar-refractivity contribution in [2.24, 2.45) is 0 Å². The fraction of sp³-hybridized carbons (Fsp3) is 0.286. The summed E-state index contributed by atoms with van der Waals surface area (Å²) in [6.07, 6.45) is -2.77. The van der Waals surface area contributed by atoms with Crippen LogP contribution >= 0.6 is 0 Å². The normalized spacial score (nSPS) is 10.7. The molecule has 1 heterocycles. The highest BCUT2D eigenvalue weighted by molar-refractivity contribution is 5.48. The van der Waals surface area contributed by atoms with Gasteiger partial charge in [0, 0.05) is 6.07 Å². The first-order chi connectivity index (χ1) is 5.52. The highest BCUT2D eigenvalue weighted by Gasteiger charge is 2.15. The largest absolute Gasteiger partial charge is 0.506 e. The number of hydrogen-bond donors (Lipinski definition) is 2. The van der Waals surface area contributed by atoms with E-state index in [-0.39, 0.29) is 5.69 Å². The molecule has 0 aromatic carbocycles. The first kappa shape index (κ1) is 8.70. The quantitative estimate of drug-likeness (QED) is 0.680. The molecular formula is C7H8F2N2O. The summed E-state index contributed by atoms with van der Waals surface area (Å²) in [5.41, 5.74) is 5.20. The van der Waals surface area contributed by atoms with Gasteiger partial charge in [-0.1, -0.05) is 0 Å². The number of nitrogens with zero attached hydrogens (tertiary/aromatic N) is 1. The van der Waals surface area contributed by atoms with Gasteiger partial charge in [0.25, 0.3) is 6.43 Å². The summed E-state index contributed by atoms with van der Waals surface area (Å²) >= 11 is 0. The van der Waals surface area contributed by atoms with Crippen LogP contribution in [0.5, 0.6) is 5.75 Å². The molecule has 1 aromatic rings. The molecule has 3 nitrogen and oxygen atoms in total. The average Bonchev–Trinajstić information content (AvgIpc) is 1.96. The Morgan fingerprint density at radius 3 is 2.67 bits per heavy atom. The monoisotopic (exact) mass is 174 g/mol. The van der Waals surface area contributed by atoms with Crippen molar-refractivity contribution in [2.45, 2.75) is 13.3 Å². The molecule has 0 amide bonds. The molecule has 0 unspecified atom stereocenters. The van der Waals surface area contributed by atoms with Gasteiger partial charge >= 0.3 is 0 Å². The molecular weight excluding hydrogens is 166 g/mol. The second-order valence-electron chi connectivity index (χ2n) is 2.37. The predicted octanol–water partition coefficient (Wildman–Crippen LogP) is 1.62. The predicted molar refractivity (Wildman–Crippen MR) is 40.0 cm³/mol. The molecule has 0 aliphatic heterocycles. The van der Waals surface area contributed by atoms with Crippen molar-refractivity contribution in [3.63, 3.8) is 0 Å². The third-order valence-electron chi connectivity index (χ3n) is 1.47. The zero-order valence-electron chi connectivity index (χ0n) is 6.38. The van der Waals surface area contributed by atoms with Crippen LogP contribution in [0.2, 0.25) is 0 Å². The number of nitrogens with two attached hydrogens (primary N) is 1. The van der Waals surface area contributed by atoms with Crippen molar-refractivity contribution in [3.8, 4) is 5.75 Å². The van der Waals surface area contributed by atoms with E-state index in [9.17, 15) is 8.78 Å². The van der Waals surface area contributed by atoms with E-state index in [4.69, 9.17) is 10.8 Å². The van der Waals surface area contributed by atoms with Gasteiger partial charge in [-0.25, -0.2) is 13.8 Å². The molecule has 66 valence electrons. The number of aryl methyl sites for hydroxylation is 1. The summed E-state index contributed by atoms with van der Waals surface area (Å²) < 4.78 is 24.2. The average molecular weight is 174 g/mol. The third-order valence-corrected chi connectivity index (χ3v) is 1.47. The summed E-state index contributed by atoms with van der Waals surface area (Å²) in [7, 11) is 0. The topological polar surface area (TPSA) is 59.1 Å². The van der Waals surface area contributed by atoms with Crippen molar-refractivity contribution >= 4 is 5.69 Å². The summed E-state index contributed by atoms with van der Waals surface area (Å²) in [5.74, 6) is -0.562. The number of aromatic nitrogens is 1. The lowest BCUT2D eigenvalue weighted by atomic mass is 10.2. The fourth-order valence-corrected chi connectivity index (χ4v) is 0.789. The van der Waals surface area contributed by atoms with Crippen LogP contribution in [0.1, 0.15) is 17.8 Å². The number of nitrogen functional groups attached to an aromatic ring is 1. The van der Waals surface area contributed by atoms with Gasteiger partial charge < -0.3 is 10.8 Å². The second kappa shape index (κ2) is 2.92. The minimum atomic E-state index is -2.77. The highest BCUT2D eigenvalue weighted by Crippen LogP contribution is 2.28. The Bertz CT molecular complexity index is 302. The van der Waals surface area contributed by atoms with E-state index in [1.807, 2.05) is 0 Å². The maximum atomic E-state index is 12.1. The number of aromatic hydroxyl groups is 1. The van der Waals surface area contributed by atoms with E-state index in [1.165, 1.54) is 6.92 Å².